The Bertz CT molecular complexity index is 368. The molecule has 0 atom stereocenters. The Hall–Kier alpha value is -0.830. The van der Waals surface area contributed by atoms with Crippen LogP contribution in [-0.2, 0) is 4.79 Å². The third-order valence-corrected chi connectivity index (χ3v) is 5.82. The zero-order chi connectivity index (χ0) is 22.0. The molecule has 0 heterocycles. The van der Waals surface area contributed by atoms with Gasteiger partial charge in [-0.05, 0) is 51.4 Å². The minimum absolute atomic E-state index is 0.194. The normalized spacial score (nSPS) is 11.4. The van der Waals surface area contributed by atoms with Gasteiger partial charge in [0.15, 0.2) is 0 Å². The molecule has 0 rings (SSSR count). The van der Waals surface area contributed by atoms with Gasteiger partial charge in [0.1, 0.15) is 0 Å². The lowest BCUT2D eigenvalue weighted by atomic mass is 10.1. The molecule has 3 nitrogen and oxygen atoms in total. The molecule has 0 aromatic heterocycles. The van der Waals surface area contributed by atoms with Crippen molar-refractivity contribution in [1.29, 1.82) is 0 Å². The summed E-state index contributed by atoms with van der Waals surface area (Å²) in [4.78, 5) is 11.7. The highest BCUT2D eigenvalue weighted by atomic mass is 16.2. The summed E-state index contributed by atoms with van der Waals surface area (Å²) in [7, 11) is 0. The van der Waals surface area contributed by atoms with Gasteiger partial charge in [-0.25, -0.2) is 0 Å². The SMILES string of the molecule is CCCCCCCCC=CCCCCCCCCCCCC(=O)NCCCCCO. The van der Waals surface area contributed by atoms with E-state index < -0.39 is 0 Å². The maximum absolute atomic E-state index is 11.7. The highest BCUT2D eigenvalue weighted by molar-refractivity contribution is 5.75. The van der Waals surface area contributed by atoms with Gasteiger partial charge in [0.25, 0.3) is 0 Å². The second-order valence-electron chi connectivity index (χ2n) is 8.88. The second-order valence-corrected chi connectivity index (χ2v) is 8.88. The molecular formula is C27H53NO2. The van der Waals surface area contributed by atoms with Gasteiger partial charge < -0.3 is 10.4 Å². The molecule has 1 amide bonds. The van der Waals surface area contributed by atoms with Gasteiger partial charge in [-0.1, -0.05) is 96.1 Å². The van der Waals surface area contributed by atoms with Crippen LogP contribution in [0.15, 0.2) is 12.2 Å². The van der Waals surface area contributed by atoms with Crippen molar-refractivity contribution in [2.45, 2.75) is 142 Å². The minimum Gasteiger partial charge on any atom is -0.396 e. The van der Waals surface area contributed by atoms with Crippen molar-refractivity contribution in [3.63, 3.8) is 0 Å². The first kappa shape index (κ1) is 29.2. The first-order chi connectivity index (χ1) is 14.8. The Balaban J connectivity index is 3.15. The smallest absolute Gasteiger partial charge is 0.219 e. The molecule has 2 N–H and O–H groups in total. The molecule has 178 valence electrons. The van der Waals surface area contributed by atoms with Crippen molar-refractivity contribution in [3.05, 3.63) is 12.2 Å². The molecule has 0 aliphatic rings. The van der Waals surface area contributed by atoms with Gasteiger partial charge in [0.05, 0.1) is 0 Å². The van der Waals surface area contributed by atoms with E-state index >= 15 is 0 Å². The van der Waals surface area contributed by atoms with Crippen LogP contribution in [0.2, 0.25) is 0 Å². The van der Waals surface area contributed by atoms with Gasteiger partial charge in [-0.3, -0.25) is 4.79 Å². The number of hydrogen-bond donors (Lipinski definition) is 2. The molecule has 0 aliphatic heterocycles. The predicted octanol–water partition coefficient (Wildman–Crippen LogP) is 7.86. The third-order valence-electron chi connectivity index (χ3n) is 5.82. The molecule has 0 spiro atoms. The predicted molar refractivity (Wildman–Crippen MR) is 132 cm³/mol. The van der Waals surface area contributed by atoms with E-state index in [-0.39, 0.29) is 12.5 Å². The van der Waals surface area contributed by atoms with Crippen LogP contribution in [0.4, 0.5) is 0 Å². The number of nitrogens with one attached hydrogen (secondary N) is 1. The van der Waals surface area contributed by atoms with Crippen LogP contribution in [0.1, 0.15) is 142 Å². The number of carbonyl (C=O) groups excluding carboxylic acids is 1. The van der Waals surface area contributed by atoms with Crippen LogP contribution in [0.25, 0.3) is 0 Å². The molecular weight excluding hydrogens is 370 g/mol. The van der Waals surface area contributed by atoms with Gasteiger partial charge in [0, 0.05) is 19.6 Å². The molecule has 30 heavy (non-hydrogen) atoms. The van der Waals surface area contributed by atoms with Crippen LogP contribution in [-0.4, -0.2) is 24.2 Å². The van der Waals surface area contributed by atoms with Crippen molar-refractivity contribution >= 4 is 5.91 Å². The summed E-state index contributed by atoms with van der Waals surface area (Å²) in [6, 6.07) is 0. The lowest BCUT2D eigenvalue weighted by Crippen LogP contribution is -2.24. The Morgan fingerprint density at radius 1 is 0.633 bits per heavy atom. The van der Waals surface area contributed by atoms with Crippen molar-refractivity contribution < 1.29 is 9.90 Å². The van der Waals surface area contributed by atoms with Crippen molar-refractivity contribution in [1.82, 2.24) is 5.32 Å². The number of unbranched alkanes of at least 4 members (excludes halogenated alkanes) is 17. The fraction of sp³-hybridized carbons (Fsp3) is 0.889. The fourth-order valence-electron chi connectivity index (χ4n) is 3.79. The Morgan fingerprint density at radius 3 is 1.63 bits per heavy atom. The average Bonchev–Trinajstić information content (AvgIpc) is 2.75. The molecule has 0 radical (unpaired) electrons. The highest BCUT2D eigenvalue weighted by Crippen LogP contribution is 2.12. The van der Waals surface area contributed by atoms with Crippen LogP contribution in [0, 0.1) is 0 Å². The first-order valence-electron chi connectivity index (χ1n) is 13.3. The van der Waals surface area contributed by atoms with Crippen LogP contribution in [0.3, 0.4) is 0 Å². The van der Waals surface area contributed by atoms with E-state index in [0.717, 1.165) is 32.2 Å². The summed E-state index contributed by atoms with van der Waals surface area (Å²) < 4.78 is 0. The lowest BCUT2D eigenvalue weighted by molar-refractivity contribution is -0.121. The summed E-state index contributed by atoms with van der Waals surface area (Å²) in [5.41, 5.74) is 0. The number of rotatable bonds is 24. The Labute approximate surface area is 188 Å². The van der Waals surface area contributed by atoms with Crippen molar-refractivity contribution in [2.24, 2.45) is 0 Å². The molecule has 0 saturated heterocycles. The number of aliphatic hydroxyl groups is 1. The fourth-order valence-corrected chi connectivity index (χ4v) is 3.79. The Kier molecular flexibility index (Phi) is 25.5. The van der Waals surface area contributed by atoms with E-state index in [1.165, 1.54) is 103 Å². The minimum atomic E-state index is 0.194. The lowest BCUT2D eigenvalue weighted by Gasteiger charge is -2.05. The number of hydrogen-bond acceptors (Lipinski definition) is 2. The highest BCUT2D eigenvalue weighted by Gasteiger charge is 2.00. The zero-order valence-corrected chi connectivity index (χ0v) is 20.3. The van der Waals surface area contributed by atoms with E-state index in [4.69, 9.17) is 5.11 Å². The Morgan fingerprint density at radius 2 is 1.10 bits per heavy atom. The number of allylic oxidation sites excluding steroid dienone is 2. The maximum Gasteiger partial charge on any atom is 0.219 e. The van der Waals surface area contributed by atoms with Crippen molar-refractivity contribution in [2.75, 3.05) is 13.2 Å². The molecule has 3 heteroatoms. The second kappa shape index (κ2) is 26.2. The van der Waals surface area contributed by atoms with E-state index in [1.807, 2.05) is 0 Å². The summed E-state index contributed by atoms with van der Waals surface area (Å²) in [5.74, 6) is 0.194. The topological polar surface area (TPSA) is 49.3 Å². The van der Waals surface area contributed by atoms with Crippen molar-refractivity contribution in [3.8, 4) is 0 Å². The van der Waals surface area contributed by atoms with Gasteiger partial charge in [-0.2, -0.15) is 0 Å². The number of amides is 1. The molecule has 0 aromatic carbocycles. The standard InChI is InChI=1S/C27H53NO2/c1-2-3-4-5-6-7-8-9-10-11-12-13-14-15-16-17-18-19-21-24-27(30)28-25-22-20-23-26-29/h9-10,29H,2-8,11-26H2,1H3,(H,28,30). The van der Waals surface area contributed by atoms with Gasteiger partial charge >= 0.3 is 0 Å². The monoisotopic (exact) mass is 423 g/mol. The summed E-state index contributed by atoms with van der Waals surface area (Å²) in [6.45, 7) is 3.29. The van der Waals surface area contributed by atoms with Crippen LogP contribution >= 0.6 is 0 Å². The quantitative estimate of drug-likeness (QED) is 0.123. The van der Waals surface area contributed by atoms with Crippen LogP contribution in [0.5, 0.6) is 0 Å². The third kappa shape index (κ3) is 25.2. The molecule has 0 aromatic rings. The van der Waals surface area contributed by atoms with E-state index in [9.17, 15) is 4.79 Å². The van der Waals surface area contributed by atoms with E-state index in [0.29, 0.717) is 6.42 Å². The average molecular weight is 424 g/mol. The van der Waals surface area contributed by atoms with Crippen LogP contribution < -0.4 is 5.32 Å². The summed E-state index contributed by atoms with van der Waals surface area (Å²) in [5, 5.41) is 11.7. The maximum atomic E-state index is 11.7. The molecule has 0 unspecified atom stereocenters. The summed E-state index contributed by atoms with van der Waals surface area (Å²) in [6.07, 6.45) is 30.8. The molecule has 0 aliphatic carbocycles. The van der Waals surface area contributed by atoms with Gasteiger partial charge in [0.2, 0.25) is 5.91 Å². The summed E-state index contributed by atoms with van der Waals surface area (Å²) >= 11 is 0. The first-order valence-corrected chi connectivity index (χ1v) is 13.3. The number of aliphatic hydroxyl groups excluding tert-OH is 1. The molecule has 0 fully saturated rings. The van der Waals surface area contributed by atoms with Gasteiger partial charge in [-0.15, -0.1) is 0 Å². The largest absolute Gasteiger partial charge is 0.396 e. The van der Waals surface area contributed by atoms with E-state index in [1.54, 1.807) is 0 Å². The molecule has 0 saturated carbocycles. The number of carbonyl (C=O) groups is 1. The zero-order valence-electron chi connectivity index (χ0n) is 20.3. The van der Waals surface area contributed by atoms with E-state index in [2.05, 4.69) is 24.4 Å². The molecule has 0 bridgehead atoms.